The Kier molecular flexibility index (Phi) is 4.97. The van der Waals surface area contributed by atoms with Gasteiger partial charge < -0.3 is 10.0 Å². The van der Waals surface area contributed by atoms with Crippen molar-refractivity contribution in [2.45, 2.75) is 19.6 Å². The molecule has 0 unspecified atom stereocenters. The van der Waals surface area contributed by atoms with Crippen LogP contribution < -0.4 is 4.90 Å². The summed E-state index contributed by atoms with van der Waals surface area (Å²) in [7, 11) is 1.81. The summed E-state index contributed by atoms with van der Waals surface area (Å²) in [4.78, 5) is 13.2. The Morgan fingerprint density at radius 2 is 2.05 bits per heavy atom. The lowest BCUT2D eigenvalue weighted by Gasteiger charge is -2.16. The minimum Gasteiger partial charge on any atom is -0.388 e. The highest BCUT2D eigenvalue weighted by Gasteiger charge is 2.23. The van der Waals surface area contributed by atoms with Gasteiger partial charge in [-0.2, -0.15) is 0 Å². The number of rotatable bonds is 5. The van der Waals surface area contributed by atoms with Crippen LogP contribution in [0.4, 0.5) is 10.7 Å². The second-order valence-electron chi connectivity index (χ2n) is 4.75. The van der Waals surface area contributed by atoms with Crippen molar-refractivity contribution in [2.75, 3.05) is 11.9 Å². The first-order chi connectivity index (χ1) is 9.88. The summed E-state index contributed by atoms with van der Waals surface area (Å²) in [5.41, 5.74) is 1.09. The lowest BCUT2D eigenvalue weighted by Crippen LogP contribution is -2.16. The van der Waals surface area contributed by atoms with Crippen molar-refractivity contribution in [1.82, 2.24) is 0 Å². The molecule has 0 aliphatic rings. The number of halogens is 1. The summed E-state index contributed by atoms with van der Waals surface area (Å²) < 4.78 is 0.993. The molecule has 1 heterocycles. The first-order valence-electron chi connectivity index (χ1n) is 6.30. The SMILES string of the molecule is C[C@@H](O)c1cc([N+](=O)[O-])c(N(C)Cc2ccc(Br)cc2)s1. The van der Waals surface area contributed by atoms with Crippen LogP contribution in [-0.4, -0.2) is 17.1 Å². The van der Waals surface area contributed by atoms with Crippen molar-refractivity contribution in [3.05, 3.63) is 55.4 Å². The topological polar surface area (TPSA) is 66.6 Å². The van der Waals surface area contributed by atoms with E-state index in [2.05, 4.69) is 15.9 Å². The second kappa shape index (κ2) is 6.55. The van der Waals surface area contributed by atoms with Crippen molar-refractivity contribution in [3.63, 3.8) is 0 Å². The molecule has 0 amide bonds. The molecule has 0 saturated carbocycles. The molecule has 0 radical (unpaired) electrons. The molecular weight excluding hydrogens is 356 g/mol. The van der Waals surface area contributed by atoms with E-state index < -0.39 is 11.0 Å². The lowest BCUT2D eigenvalue weighted by atomic mass is 10.2. The maximum Gasteiger partial charge on any atom is 0.304 e. The Labute approximate surface area is 135 Å². The van der Waals surface area contributed by atoms with Crippen LogP contribution in [-0.2, 0) is 6.54 Å². The highest BCUT2D eigenvalue weighted by Crippen LogP contribution is 2.40. The largest absolute Gasteiger partial charge is 0.388 e. The number of thiophene rings is 1. The molecule has 2 rings (SSSR count). The Hall–Kier alpha value is -1.44. The molecule has 0 fully saturated rings. The van der Waals surface area contributed by atoms with Gasteiger partial charge in [0.25, 0.3) is 0 Å². The Balaban J connectivity index is 2.27. The minimum absolute atomic E-state index is 0.0375. The van der Waals surface area contributed by atoms with Gasteiger partial charge in [0.2, 0.25) is 0 Å². The zero-order valence-corrected chi connectivity index (χ0v) is 14.0. The van der Waals surface area contributed by atoms with Gasteiger partial charge >= 0.3 is 5.69 Å². The van der Waals surface area contributed by atoms with Gasteiger partial charge in [-0.3, -0.25) is 10.1 Å². The zero-order valence-electron chi connectivity index (χ0n) is 11.6. The summed E-state index contributed by atoms with van der Waals surface area (Å²) in [5.74, 6) is 0. The summed E-state index contributed by atoms with van der Waals surface area (Å²) in [5, 5.41) is 21.3. The molecule has 2 aromatic rings. The third-order valence-corrected chi connectivity index (χ3v) is 4.94. The number of hydrogen-bond donors (Lipinski definition) is 1. The van der Waals surface area contributed by atoms with Gasteiger partial charge in [-0.1, -0.05) is 28.1 Å². The highest BCUT2D eigenvalue weighted by molar-refractivity contribution is 9.10. The van der Waals surface area contributed by atoms with E-state index in [-0.39, 0.29) is 5.69 Å². The van der Waals surface area contributed by atoms with Crippen LogP contribution in [0.15, 0.2) is 34.8 Å². The van der Waals surface area contributed by atoms with E-state index in [0.29, 0.717) is 16.4 Å². The molecule has 0 spiro atoms. The third kappa shape index (κ3) is 3.81. The number of nitro groups is 1. The smallest absolute Gasteiger partial charge is 0.304 e. The molecule has 0 saturated heterocycles. The molecule has 1 atom stereocenters. The van der Waals surface area contributed by atoms with Gasteiger partial charge in [-0.25, -0.2) is 0 Å². The maximum absolute atomic E-state index is 11.2. The molecule has 112 valence electrons. The van der Waals surface area contributed by atoms with E-state index >= 15 is 0 Å². The van der Waals surface area contributed by atoms with Crippen molar-refractivity contribution in [1.29, 1.82) is 0 Å². The van der Waals surface area contributed by atoms with Crippen molar-refractivity contribution in [2.24, 2.45) is 0 Å². The fraction of sp³-hybridized carbons (Fsp3) is 0.286. The second-order valence-corrected chi connectivity index (χ2v) is 6.73. The van der Waals surface area contributed by atoms with E-state index in [1.165, 1.54) is 17.4 Å². The molecule has 0 bridgehead atoms. The Morgan fingerprint density at radius 3 is 2.57 bits per heavy atom. The summed E-state index contributed by atoms with van der Waals surface area (Å²) in [6.07, 6.45) is -0.705. The zero-order chi connectivity index (χ0) is 15.6. The fourth-order valence-electron chi connectivity index (χ4n) is 1.94. The van der Waals surface area contributed by atoms with Crippen molar-refractivity contribution < 1.29 is 10.0 Å². The van der Waals surface area contributed by atoms with Crippen molar-refractivity contribution in [3.8, 4) is 0 Å². The molecular formula is C14H15BrN2O3S. The number of nitrogens with zero attached hydrogens (tertiary/aromatic N) is 2. The van der Waals surface area contributed by atoms with Crippen LogP contribution in [0.3, 0.4) is 0 Å². The van der Waals surface area contributed by atoms with Crippen LogP contribution in [0, 0.1) is 10.1 Å². The van der Waals surface area contributed by atoms with Crippen LogP contribution in [0.1, 0.15) is 23.5 Å². The van der Waals surface area contributed by atoms with Gasteiger partial charge in [0, 0.05) is 29.0 Å². The summed E-state index contributed by atoms with van der Waals surface area (Å²) in [6, 6.07) is 9.26. The standard InChI is InChI=1S/C14H15BrN2O3S/c1-9(18)13-7-12(17(19)20)14(21-13)16(2)8-10-3-5-11(15)6-4-10/h3-7,9,18H,8H2,1-2H3/t9-/m1/s1. The third-order valence-electron chi connectivity index (χ3n) is 3.00. The van der Waals surface area contributed by atoms with Crippen LogP contribution in [0.2, 0.25) is 0 Å². The molecule has 1 aromatic carbocycles. The molecule has 21 heavy (non-hydrogen) atoms. The molecule has 1 N–H and O–H groups in total. The average molecular weight is 371 g/mol. The van der Waals surface area contributed by atoms with E-state index in [0.717, 1.165) is 10.0 Å². The van der Waals surface area contributed by atoms with E-state index in [9.17, 15) is 15.2 Å². The van der Waals surface area contributed by atoms with Crippen LogP contribution >= 0.6 is 27.3 Å². The monoisotopic (exact) mass is 370 g/mol. The lowest BCUT2D eigenvalue weighted by molar-refractivity contribution is -0.383. The van der Waals surface area contributed by atoms with Gasteiger partial charge in [0.05, 0.1) is 11.0 Å². The molecule has 5 nitrogen and oxygen atoms in total. The van der Waals surface area contributed by atoms with Gasteiger partial charge in [0.1, 0.15) is 0 Å². The normalized spacial score (nSPS) is 12.2. The first-order valence-corrected chi connectivity index (χ1v) is 7.91. The first kappa shape index (κ1) is 15.9. The number of aliphatic hydroxyl groups excluding tert-OH is 1. The Morgan fingerprint density at radius 1 is 1.43 bits per heavy atom. The fourth-order valence-corrected chi connectivity index (χ4v) is 3.22. The van der Waals surface area contributed by atoms with E-state index in [4.69, 9.17) is 0 Å². The number of anilines is 1. The predicted octanol–water partition coefficient (Wildman–Crippen LogP) is 4.11. The van der Waals surface area contributed by atoms with Gasteiger partial charge in [0.15, 0.2) is 5.00 Å². The van der Waals surface area contributed by atoms with Crippen molar-refractivity contribution >= 4 is 38.0 Å². The van der Waals surface area contributed by atoms with E-state index in [1.54, 1.807) is 6.92 Å². The number of benzene rings is 1. The van der Waals surface area contributed by atoms with E-state index in [1.807, 2.05) is 36.2 Å². The summed E-state index contributed by atoms with van der Waals surface area (Å²) >= 11 is 4.63. The molecule has 1 aromatic heterocycles. The maximum atomic E-state index is 11.2. The number of aliphatic hydroxyl groups is 1. The Bertz CT molecular complexity index is 640. The quantitative estimate of drug-likeness (QED) is 0.635. The summed E-state index contributed by atoms with van der Waals surface area (Å²) in [6.45, 7) is 2.17. The molecule has 0 aliphatic heterocycles. The molecule has 0 aliphatic carbocycles. The average Bonchev–Trinajstić information content (AvgIpc) is 2.87. The predicted molar refractivity (Wildman–Crippen MR) is 87.9 cm³/mol. The van der Waals surface area contributed by atoms with Gasteiger partial charge in [-0.15, -0.1) is 11.3 Å². The number of hydrogen-bond acceptors (Lipinski definition) is 5. The van der Waals surface area contributed by atoms with Crippen LogP contribution in [0.25, 0.3) is 0 Å². The van der Waals surface area contributed by atoms with Gasteiger partial charge in [-0.05, 0) is 24.6 Å². The molecule has 7 heteroatoms. The van der Waals surface area contributed by atoms with Crippen LogP contribution in [0.5, 0.6) is 0 Å². The highest BCUT2D eigenvalue weighted by atomic mass is 79.9. The minimum atomic E-state index is -0.705.